The van der Waals surface area contributed by atoms with E-state index < -0.39 is 10.9 Å². The van der Waals surface area contributed by atoms with Crippen LogP contribution in [0.4, 0.5) is 11.5 Å². The summed E-state index contributed by atoms with van der Waals surface area (Å²) < 4.78 is 4.58. The molecule has 0 bridgehead atoms. The number of aromatic nitrogens is 1. The fraction of sp³-hybridized carbons (Fsp3) is 0.385. The minimum atomic E-state index is -0.629. The normalized spacial score (nSPS) is 9.90. The van der Waals surface area contributed by atoms with Crippen molar-refractivity contribution in [1.82, 2.24) is 4.98 Å². The number of pyridine rings is 1. The number of nitro groups is 1. The Labute approximate surface area is 117 Å². The zero-order valence-corrected chi connectivity index (χ0v) is 11.5. The SMILES string of the molecule is C=CCN(CCC)c1nc(C(=O)OC)ccc1[N+](=O)[O-]. The van der Waals surface area contributed by atoms with E-state index in [2.05, 4.69) is 16.3 Å². The summed E-state index contributed by atoms with van der Waals surface area (Å²) in [7, 11) is 1.23. The Morgan fingerprint density at radius 3 is 2.80 bits per heavy atom. The molecule has 1 aromatic heterocycles. The summed E-state index contributed by atoms with van der Waals surface area (Å²) in [6.07, 6.45) is 2.42. The maximum atomic E-state index is 11.5. The number of esters is 1. The molecule has 0 atom stereocenters. The molecule has 0 spiro atoms. The quantitative estimate of drug-likeness (QED) is 0.329. The molecule has 0 aliphatic heterocycles. The lowest BCUT2D eigenvalue weighted by Crippen LogP contribution is -2.26. The summed E-state index contributed by atoms with van der Waals surface area (Å²) in [5.74, 6) is -0.476. The van der Waals surface area contributed by atoms with Crippen molar-refractivity contribution in [2.75, 3.05) is 25.1 Å². The lowest BCUT2D eigenvalue weighted by molar-refractivity contribution is -0.384. The number of ether oxygens (including phenoxy) is 1. The molecule has 0 aliphatic rings. The van der Waals surface area contributed by atoms with E-state index in [9.17, 15) is 14.9 Å². The van der Waals surface area contributed by atoms with E-state index in [0.29, 0.717) is 13.1 Å². The van der Waals surface area contributed by atoms with Crippen LogP contribution in [0.3, 0.4) is 0 Å². The average Bonchev–Trinajstić information content (AvgIpc) is 2.45. The van der Waals surface area contributed by atoms with Crippen LogP contribution in [-0.2, 0) is 4.74 Å². The summed E-state index contributed by atoms with van der Waals surface area (Å²) in [5, 5.41) is 11.1. The van der Waals surface area contributed by atoms with Gasteiger partial charge in [-0.3, -0.25) is 10.1 Å². The highest BCUT2D eigenvalue weighted by Crippen LogP contribution is 2.26. The zero-order chi connectivity index (χ0) is 15.1. The topological polar surface area (TPSA) is 85.6 Å². The van der Waals surface area contributed by atoms with Gasteiger partial charge < -0.3 is 9.64 Å². The number of rotatable bonds is 7. The molecule has 20 heavy (non-hydrogen) atoms. The van der Waals surface area contributed by atoms with Crippen molar-refractivity contribution in [3.05, 3.63) is 40.6 Å². The third-order valence-corrected chi connectivity index (χ3v) is 2.59. The summed E-state index contributed by atoms with van der Waals surface area (Å²) >= 11 is 0. The molecule has 0 amide bonds. The molecule has 0 saturated heterocycles. The summed E-state index contributed by atoms with van der Waals surface area (Å²) in [6.45, 7) is 6.56. The first kappa shape index (κ1) is 15.6. The number of carbonyl (C=O) groups is 1. The smallest absolute Gasteiger partial charge is 0.356 e. The molecular formula is C13H17N3O4. The highest BCUT2D eigenvalue weighted by Gasteiger charge is 2.22. The molecule has 0 unspecified atom stereocenters. The van der Waals surface area contributed by atoms with Gasteiger partial charge in [-0.05, 0) is 12.5 Å². The van der Waals surface area contributed by atoms with Crippen LogP contribution in [0.1, 0.15) is 23.8 Å². The van der Waals surface area contributed by atoms with Crippen molar-refractivity contribution in [2.45, 2.75) is 13.3 Å². The Kier molecular flexibility index (Phi) is 5.64. The molecule has 7 heteroatoms. The van der Waals surface area contributed by atoms with Crippen LogP contribution in [0.2, 0.25) is 0 Å². The molecule has 1 rings (SSSR count). The van der Waals surface area contributed by atoms with Gasteiger partial charge in [0.1, 0.15) is 0 Å². The molecule has 0 fully saturated rings. The van der Waals surface area contributed by atoms with Gasteiger partial charge in [-0.1, -0.05) is 13.0 Å². The highest BCUT2D eigenvalue weighted by molar-refractivity contribution is 5.88. The first-order valence-electron chi connectivity index (χ1n) is 6.14. The molecular weight excluding hydrogens is 262 g/mol. The van der Waals surface area contributed by atoms with Crippen molar-refractivity contribution in [3.8, 4) is 0 Å². The van der Waals surface area contributed by atoms with Crippen molar-refractivity contribution >= 4 is 17.5 Å². The van der Waals surface area contributed by atoms with Gasteiger partial charge in [0.05, 0.1) is 12.0 Å². The number of anilines is 1. The average molecular weight is 279 g/mol. The van der Waals surface area contributed by atoms with E-state index in [1.165, 1.54) is 19.2 Å². The van der Waals surface area contributed by atoms with Crippen molar-refractivity contribution in [1.29, 1.82) is 0 Å². The van der Waals surface area contributed by atoms with Crippen LogP contribution < -0.4 is 4.90 Å². The Balaban J connectivity index is 3.32. The van der Waals surface area contributed by atoms with Gasteiger partial charge in [0, 0.05) is 19.2 Å². The van der Waals surface area contributed by atoms with E-state index in [1.54, 1.807) is 11.0 Å². The van der Waals surface area contributed by atoms with Gasteiger partial charge in [-0.25, -0.2) is 9.78 Å². The highest BCUT2D eigenvalue weighted by atomic mass is 16.6. The fourth-order valence-corrected chi connectivity index (χ4v) is 1.74. The Morgan fingerprint density at radius 1 is 1.60 bits per heavy atom. The molecule has 0 aliphatic carbocycles. The molecule has 0 radical (unpaired) electrons. The molecule has 7 nitrogen and oxygen atoms in total. The Bertz CT molecular complexity index is 516. The summed E-state index contributed by atoms with van der Waals surface area (Å²) in [6, 6.07) is 2.55. The first-order valence-corrected chi connectivity index (χ1v) is 6.14. The maximum absolute atomic E-state index is 11.5. The third-order valence-electron chi connectivity index (χ3n) is 2.59. The molecule has 0 N–H and O–H groups in total. The van der Waals surface area contributed by atoms with Crippen LogP contribution in [0.5, 0.6) is 0 Å². The maximum Gasteiger partial charge on any atom is 0.356 e. The van der Waals surface area contributed by atoms with Crippen LogP contribution in [0.15, 0.2) is 24.8 Å². The second-order valence-corrected chi connectivity index (χ2v) is 4.02. The Morgan fingerprint density at radius 2 is 2.30 bits per heavy atom. The zero-order valence-electron chi connectivity index (χ0n) is 11.5. The van der Waals surface area contributed by atoms with Gasteiger partial charge in [0.15, 0.2) is 5.69 Å². The minimum Gasteiger partial charge on any atom is -0.464 e. The monoisotopic (exact) mass is 279 g/mol. The van der Waals surface area contributed by atoms with Crippen LogP contribution in [0, 0.1) is 10.1 Å². The lowest BCUT2D eigenvalue weighted by atomic mass is 10.3. The van der Waals surface area contributed by atoms with Crippen LogP contribution in [0.25, 0.3) is 0 Å². The van der Waals surface area contributed by atoms with E-state index >= 15 is 0 Å². The third kappa shape index (κ3) is 3.53. The minimum absolute atomic E-state index is 0.0401. The number of carbonyl (C=O) groups excluding carboxylic acids is 1. The summed E-state index contributed by atoms with van der Waals surface area (Å²) in [5.41, 5.74) is -0.105. The molecule has 1 aromatic rings. The van der Waals surface area contributed by atoms with Crippen LogP contribution in [-0.4, -0.2) is 36.1 Å². The first-order chi connectivity index (χ1) is 9.54. The second-order valence-electron chi connectivity index (χ2n) is 4.02. The van der Waals surface area contributed by atoms with Gasteiger partial charge in [-0.2, -0.15) is 0 Å². The standard InChI is InChI=1S/C13H17N3O4/c1-4-8-15(9-5-2)12-11(16(18)19)7-6-10(14-12)13(17)20-3/h4,6-7H,1,5,8-9H2,2-3H3. The van der Waals surface area contributed by atoms with Crippen molar-refractivity contribution < 1.29 is 14.5 Å². The van der Waals surface area contributed by atoms with Gasteiger partial charge >= 0.3 is 11.7 Å². The predicted octanol–water partition coefficient (Wildman–Crippen LogP) is 2.18. The van der Waals surface area contributed by atoms with Gasteiger partial charge in [0.2, 0.25) is 5.82 Å². The van der Waals surface area contributed by atoms with E-state index in [0.717, 1.165) is 6.42 Å². The fourth-order valence-electron chi connectivity index (χ4n) is 1.74. The van der Waals surface area contributed by atoms with Crippen molar-refractivity contribution in [3.63, 3.8) is 0 Å². The Hall–Kier alpha value is -2.44. The number of nitrogens with zero attached hydrogens (tertiary/aromatic N) is 3. The molecule has 1 heterocycles. The van der Waals surface area contributed by atoms with Crippen molar-refractivity contribution in [2.24, 2.45) is 0 Å². The van der Waals surface area contributed by atoms with E-state index in [-0.39, 0.29) is 17.2 Å². The predicted molar refractivity (Wildman–Crippen MR) is 74.9 cm³/mol. The van der Waals surface area contributed by atoms with E-state index in [4.69, 9.17) is 0 Å². The lowest BCUT2D eigenvalue weighted by Gasteiger charge is -2.21. The van der Waals surface area contributed by atoms with E-state index in [1.807, 2.05) is 6.92 Å². The van der Waals surface area contributed by atoms with Crippen LogP contribution >= 0.6 is 0 Å². The number of hydrogen-bond acceptors (Lipinski definition) is 6. The number of methoxy groups -OCH3 is 1. The van der Waals surface area contributed by atoms with Gasteiger partial charge in [0.25, 0.3) is 0 Å². The molecule has 0 aromatic carbocycles. The number of hydrogen-bond donors (Lipinski definition) is 0. The molecule has 0 saturated carbocycles. The molecule has 108 valence electrons. The second kappa shape index (κ2) is 7.22. The largest absolute Gasteiger partial charge is 0.464 e. The summed E-state index contributed by atoms with van der Waals surface area (Å²) in [4.78, 5) is 27.8. The van der Waals surface area contributed by atoms with Gasteiger partial charge in [-0.15, -0.1) is 6.58 Å².